The van der Waals surface area contributed by atoms with E-state index in [4.69, 9.17) is 10.3 Å². The van der Waals surface area contributed by atoms with E-state index in [2.05, 4.69) is 4.18 Å². The largest absolute Gasteiger partial charge is 0.503 e. The number of aryl methyl sites for hydroxylation is 1. The van der Waals surface area contributed by atoms with Crippen molar-refractivity contribution in [3.63, 3.8) is 0 Å². The molecule has 0 amide bonds. The Balaban J connectivity index is 2.47. The highest BCUT2D eigenvalue weighted by Crippen LogP contribution is 2.35. The number of benzene rings is 2. The lowest BCUT2D eigenvalue weighted by atomic mass is 10.0. The molecule has 0 bridgehead atoms. The van der Waals surface area contributed by atoms with Crippen LogP contribution in [0, 0.1) is 6.92 Å². The summed E-state index contributed by atoms with van der Waals surface area (Å²) in [5.74, 6) is -1.75. The zero-order valence-electron chi connectivity index (χ0n) is 11.5. The smallest absolute Gasteiger partial charge is 0.446 e. The number of nitrogen functional groups attached to an aromatic ring is 1. The molecule has 0 radical (unpaired) electrons. The molecule has 4 N–H and O–H groups in total. The second-order valence-electron chi connectivity index (χ2n) is 4.62. The molecule has 2 aromatic carbocycles. The number of phenolic OH excluding ortho intramolecular Hbond substituents is 1. The van der Waals surface area contributed by atoms with Gasteiger partial charge in [0.2, 0.25) is 0 Å². The van der Waals surface area contributed by atoms with Crippen LogP contribution in [-0.2, 0) is 10.4 Å². The Morgan fingerprint density at radius 3 is 2.27 bits per heavy atom. The monoisotopic (exact) mass is 323 g/mol. The molecule has 0 spiro atoms. The first-order valence-electron chi connectivity index (χ1n) is 6.08. The molecule has 0 aromatic heterocycles. The Morgan fingerprint density at radius 2 is 1.73 bits per heavy atom. The third kappa shape index (κ3) is 3.54. The zero-order chi connectivity index (χ0) is 16.5. The number of aromatic hydroxyl groups is 1. The van der Waals surface area contributed by atoms with Crippen molar-refractivity contribution in [3.05, 3.63) is 53.1 Å². The van der Waals surface area contributed by atoms with Gasteiger partial charge in [-0.3, -0.25) is 9.35 Å². The van der Waals surface area contributed by atoms with Crippen LogP contribution in [0.5, 0.6) is 11.5 Å². The van der Waals surface area contributed by atoms with Crippen LogP contribution in [-0.4, -0.2) is 23.9 Å². The van der Waals surface area contributed by atoms with Crippen LogP contribution in [0.3, 0.4) is 0 Å². The van der Waals surface area contributed by atoms with E-state index in [1.54, 1.807) is 24.3 Å². The van der Waals surface area contributed by atoms with Crippen LogP contribution < -0.4 is 9.92 Å². The molecule has 22 heavy (non-hydrogen) atoms. The van der Waals surface area contributed by atoms with Crippen molar-refractivity contribution in [3.8, 4) is 11.5 Å². The molecule has 0 fully saturated rings. The molecular formula is C14H13NO6S. The summed E-state index contributed by atoms with van der Waals surface area (Å²) in [4.78, 5) is 12.3. The predicted molar refractivity (Wildman–Crippen MR) is 79.3 cm³/mol. The summed E-state index contributed by atoms with van der Waals surface area (Å²) in [5.41, 5.74) is 6.61. The van der Waals surface area contributed by atoms with Crippen LogP contribution in [0.25, 0.3) is 0 Å². The Bertz CT molecular complexity index is 827. The normalized spacial score (nSPS) is 11.2. The summed E-state index contributed by atoms with van der Waals surface area (Å²) < 4.78 is 34.4. The minimum Gasteiger partial charge on any atom is -0.503 e. The number of carbonyl (C=O) groups is 1. The van der Waals surface area contributed by atoms with Gasteiger partial charge in [0.15, 0.2) is 17.3 Å². The lowest BCUT2D eigenvalue weighted by molar-refractivity contribution is 0.103. The number of ketones is 1. The molecule has 0 aliphatic carbocycles. The third-order valence-corrected chi connectivity index (χ3v) is 3.27. The first kappa shape index (κ1) is 15.8. The van der Waals surface area contributed by atoms with Crippen LogP contribution in [0.2, 0.25) is 0 Å². The molecular weight excluding hydrogens is 310 g/mol. The maximum absolute atomic E-state index is 12.3. The maximum Gasteiger partial charge on any atom is 0.446 e. The second kappa shape index (κ2) is 5.66. The molecule has 0 saturated heterocycles. The van der Waals surface area contributed by atoms with Crippen molar-refractivity contribution in [2.75, 3.05) is 5.73 Å². The number of nitrogens with two attached hydrogens (primary N) is 1. The highest BCUT2D eigenvalue weighted by atomic mass is 32.3. The van der Waals surface area contributed by atoms with E-state index in [9.17, 15) is 18.3 Å². The second-order valence-corrected chi connectivity index (χ2v) is 5.64. The molecule has 0 saturated carbocycles. The van der Waals surface area contributed by atoms with Gasteiger partial charge in [0.25, 0.3) is 0 Å². The number of anilines is 1. The maximum atomic E-state index is 12.3. The molecule has 7 nitrogen and oxygen atoms in total. The number of hydrogen-bond donors (Lipinski definition) is 3. The van der Waals surface area contributed by atoms with Gasteiger partial charge in [-0.15, -0.1) is 0 Å². The Hall–Kier alpha value is -2.58. The van der Waals surface area contributed by atoms with Crippen molar-refractivity contribution in [1.82, 2.24) is 0 Å². The molecule has 0 atom stereocenters. The summed E-state index contributed by atoms with van der Waals surface area (Å²) in [6.07, 6.45) is 0. The molecule has 116 valence electrons. The number of rotatable bonds is 4. The molecule has 0 unspecified atom stereocenters. The summed E-state index contributed by atoms with van der Waals surface area (Å²) >= 11 is 0. The van der Waals surface area contributed by atoms with E-state index in [0.717, 1.165) is 11.6 Å². The van der Waals surface area contributed by atoms with Gasteiger partial charge in [-0.2, -0.15) is 8.42 Å². The average molecular weight is 323 g/mol. The van der Waals surface area contributed by atoms with Crippen molar-refractivity contribution < 1.29 is 27.1 Å². The summed E-state index contributed by atoms with van der Waals surface area (Å²) in [6.45, 7) is 1.87. The standard InChI is InChI=1S/C14H13NO6S/c1-8-2-4-9(5-3-8)13(16)10-6-11(15)14(17)12(7-10)21-22(18,19)20/h2-7,17H,15H2,1H3,(H,18,19,20). The quantitative estimate of drug-likeness (QED) is 0.338. The third-order valence-electron chi connectivity index (χ3n) is 2.88. The molecule has 8 heteroatoms. The molecule has 2 aromatic rings. The van der Waals surface area contributed by atoms with Crippen LogP contribution >= 0.6 is 0 Å². The van der Waals surface area contributed by atoms with Gasteiger partial charge in [-0.25, -0.2) is 0 Å². The fraction of sp³-hybridized carbons (Fsp3) is 0.0714. The van der Waals surface area contributed by atoms with E-state index in [0.29, 0.717) is 5.56 Å². The van der Waals surface area contributed by atoms with Crippen molar-refractivity contribution in [2.24, 2.45) is 0 Å². The first-order chi connectivity index (χ1) is 10.2. The first-order valence-corrected chi connectivity index (χ1v) is 7.44. The fourth-order valence-electron chi connectivity index (χ4n) is 1.81. The Kier molecular flexibility index (Phi) is 4.07. The molecule has 0 heterocycles. The molecule has 0 aliphatic rings. The van der Waals surface area contributed by atoms with Crippen LogP contribution in [0.4, 0.5) is 5.69 Å². The van der Waals surface area contributed by atoms with Gasteiger partial charge in [-0.05, 0) is 19.1 Å². The Labute approximate surface area is 126 Å². The fourth-order valence-corrected chi connectivity index (χ4v) is 2.16. The molecule has 0 aliphatic heterocycles. The van der Waals surface area contributed by atoms with Crippen molar-refractivity contribution in [1.29, 1.82) is 0 Å². The predicted octanol–water partition coefficient (Wildman–Crippen LogP) is 1.70. The van der Waals surface area contributed by atoms with Gasteiger partial charge in [0.1, 0.15) is 0 Å². The minimum atomic E-state index is -4.86. The number of hydrogen-bond acceptors (Lipinski definition) is 6. The average Bonchev–Trinajstić information content (AvgIpc) is 2.42. The van der Waals surface area contributed by atoms with Gasteiger partial charge in [-0.1, -0.05) is 29.8 Å². The number of phenols is 1. The van der Waals surface area contributed by atoms with Crippen LogP contribution in [0.1, 0.15) is 21.5 Å². The topological polar surface area (TPSA) is 127 Å². The summed E-state index contributed by atoms with van der Waals surface area (Å²) in [7, 11) is -4.86. The minimum absolute atomic E-state index is 0.0119. The van der Waals surface area contributed by atoms with Crippen molar-refractivity contribution >= 4 is 21.9 Å². The summed E-state index contributed by atoms with van der Waals surface area (Å²) in [6, 6.07) is 8.86. The highest BCUT2D eigenvalue weighted by Gasteiger charge is 2.18. The van der Waals surface area contributed by atoms with E-state index in [1.807, 2.05) is 6.92 Å². The Morgan fingerprint density at radius 1 is 1.14 bits per heavy atom. The lowest BCUT2D eigenvalue weighted by Crippen LogP contribution is -2.09. The van der Waals surface area contributed by atoms with E-state index < -0.39 is 27.7 Å². The highest BCUT2D eigenvalue weighted by molar-refractivity contribution is 7.81. The van der Waals surface area contributed by atoms with Gasteiger partial charge >= 0.3 is 10.4 Å². The number of carbonyl (C=O) groups excluding carboxylic acids is 1. The van der Waals surface area contributed by atoms with Crippen LogP contribution in [0.15, 0.2) is 36.4 Å². The SMILES string of the molecule is Cc1ccc(C(=O)c2cc(N)c(O)c(OS(=O)(=O)O)c2)cc1. The van der Waals surface area contributed by atoms with E-state index in [-0.39, 0.29) is 11.3 Å². The zero-order valence-corrected chi connectivity index (χ0v) is 12.3. The van der Waals surface area contributed by atoms with Crippen molar-refractivity contribution in [2.45, 2.75) is 6.92 Å². The van der Waals surface area contributed by atoms with E-state index >= 15 is 0 Å². The lowest BCUT2D eigenvalue weighted by Gasteiger charge is -2.09. The van der Waals surface area contributed by atoms with Gasteiger partial charge < -0.3 is 15.0 Å². The van der Waals surface area contributed by atoms with Gasteiger partial charge in [0, 0.05) is 11.1 Å². The van der Waals surface area contributed by atoms with E-state index in [1.165, 1.54) is 6.07 Å². The van der Waals surface area contributed by atoms with Gasteiger partial charge in [0.05, 0.1) is 5.69 Å². The molecule has 2 rings (SSSR count). The summed E-state index contributed by atoms with van der Waals surface area (Å²) in [5, 5.41) is 9.64.